The van der Waals surface area contributed by atoms with Crippen LogP contribution in [-0.2, 0) is 10.0 Å². The van der Waals surface area contributed by atoms with Crippen LogP contribution in [0.25, 0.3) is 0 Å². The van der Waals surface area contributed by atoms with Gasteiger partial charge in [-0.2, -0.15) is 0 Å². The van der Waals surface area contributed by atoms with Gasteiger partial charge in [-0.1, -0.05) is 12.1 Å². The number of para-hydroxylation sites is 1. The van der Waals surface area contributed by atoms with Gasteiger partial charge in [-0.15, -0.1) is 0 Å². The van der Waals surface area contributed by atoms with Gasteiger partial charge in [-0.05, 0) is 36.4 Å². The monoisotopic (exact) mass is 325 g/mol. The SMILES string of the molecule is COc1ccc(OCCS(=O)(=O)Nc2ccccc2F)cc1. The molecule has 0 aliphatic heterocycles. The Balaban J connectivity index is 1.88. The molecule has 118 valence electrons. The molecule has 0 spiro atoms. The number of rotatable bonds is 7. The van der Waals surface area contributed by atoms with Crippen LogP contribution in [0.4, 0.5) is 10.1 Å². The molecule has 0 radical (unpaired) electrons. The van der Waals surface area contributed by atoms with Crippen molar-refractivity contribution in [2.24, 2.45) is 0 Å². The molecule has 2 aromatic rings. The number of hydrogen-bond acceptors (Lipinski definition) is 4. The Kier molecular flexibility index (Phi) is 5.21. The maximum absolute atomic E-state index is 13.4. The molecule has 0 saturated heterocycles. The summed E-state index contributed by atoms with van der Waals surface area (Å²) in [5, 5.41) is 0. The van der Waals surface area contributed by atoms with Gasteiger partial charge < -0.3 is 9.47 Å². The van der Waals surface area contributed by atoms with Gasteiger partial charge in [0.1, 0.15) is 29.7 Å². The highest BCUT2D eigenvalue weighted by molar-refractivity contribution is 7.92. The average Bonchev–Trinajstić information content (AvgIpc) is 2.50. The fourth-order valence-corrected chi connectivity index (χ4v) is 2.61. The number of sulfonamides is 1. The molecule has 1 N–H and O–H groups in total. The van der Waals surface area contributed by atoms with Gasteiger partial charge in [0.25, 0.3) is 0 Å². The van der Waals surface area contributed by atoms with Gasteiger partial charge in [0.05, 0.1) is 12.8 Å². The Morgan fingerprint density at radius 1 is 1.05 bits per heavy atom. The maximum Gasteiger partial charge on any atom is 0.236 e. The van der Waals surface area contributed by atoms with Crippen LogP contribution in [-0.4, -0.2) is 27.9 Å². The molecule has 0 aliphatic rings. The topological polar surface area (TPSA) is 64.6 Å². The van der Waals surface area contributed by atoms with Crippen molar-refractivity contribution >= 4 is 15.7 Å². The molecule has 22 heavy (non-hydrogen) atoms. The smallest absolute Gasteiger partial charge is 0.236 e. The van der Waals surface area contributed by atoms with Gasteiger partial charge in [0, 0.05) is 0 Å². The Bertz CT molecular complexity index is 717. The summed E-state index contributed by atoms with van der Waals surface area (Å²) < 4.78 is 49.7. The summed E-state index contributed by atoms with van der Waals surface area (Å²) in [7, 11) is -2.13. The first-order valence-corrected chi connectivity index (χ1v) is 8.17. The molecule has 0 amide bonds. The van der Waals surface area contributed by atoms with Crippen molar-refractivity contribution in [3.05, 3.63) is 54.3 Å². The molecule has 0 aliphatic carbocycles. The molecule has 0 aromatic heterocycles. The second kappa shape index (κ2) is 7.13. The summed E-state index contributed by atoms with van der Waals surface area (Å²) in [4.78, 5) is 0. The van der Waals surface area contributed by atoms with E-state index in [2.05, 4.69) is 4.72 Å². The van der Waals surface area contributed by atoms with Gasteiger partial charge in [-0.25, -0.2) is 12.8 Å². The quantitative estimate of drug-likeness (QED) is 0.850. The lowest BCUT2D eigenvalue weighted by atomic mass is 10.3. The highest BCUT2D eigenvalue weighted by Crippen LogP contribution is 2.17. The largest absolute Gasteiger partial charge is 0.497 e. The molecule has 0 fully saturated rings. The highest BCUT2D eigenvalue weighted by Gasteiger charge is 2.13. The second-order valence-corrected chi connectivity index (χ2v) is 6.27. The van der Waals surface area contributed by atoms with Crippen LogP contribution in [0, 0.1) is 5.82 Å². The van der Waals surface area contributed by atoms with Crippen molar-refractivity contribution in [2.75, 3.05) is 24.2 Å². The molecule has 0 bridgehead atoms. The standard InChI is InChI=1S/C15H16FNO4S/c1-20-12-6-8-13(9-7-12)21-10-11-22(18,19)17-15-5-3-2-4-14(15)16/h2-9,17H,10-11H2,1H3. The van der Waals surface area contributed by atoms with E-state index in [-0.39, 0.29) is 18.0 Å². The Labute approximate surface area is 128 Å². The first-order chi connectivity index (χ1) is 10.5. The Hall–Kier alpha value is -2.28. The van der Waals surface area contributed by atoms with E-state index in [1.807, 2.05) is 0 Å². The van der Waals surface area contributed by atoms with Gasteiger partial charge >= 0.3 is 0 Å². The Morgan fingerprint density at radius 3 is 2.32 bits per heavy atom. The highest BCUT2D eigenvalue weighted by atomic mass is 32.2. The molecule has 7 heteroatoms. The fourth-order valence-electron chi connectivity index (χ4n) is 1.70. The fraction of sp³-hybridized carbons (Fsp3) is 0.200. The molecule has 0 unspecified atom stereocenters. The zero-order valence-electron chi connectivity index (χ0n) is 12.0. The molecular weight excluding hydrogens is 309 g/mol. The third kappa shape index (κ3) is 4.63. The summed E-state index contributed by atoms with van der Waals surface area (Å²) >= 11 is 0. The number of benzene rings is 2. The first kappa shape index (κ1) is 16.1. The minimum atomic E-state index is -3.68. The summed E-state index contributed by atoms with van der Waals surface area (Å²) in [5.41, 5.74) is -0.0769. The zero-order chi connectivity index (χ0) is 16.0. The van der Waals surface area contributed by atoms with E-state index in [1.54, 1.807) is 37.4 Å². The third-order valence-corrected chi connectivity index (χ3v) is 4.05. The molecule has 5 nitrogen and oxygen atoms in total. The zero-order valence-corrected chi connectivity index (χ0v) is 12.8. The summed E-state index contributed by atoms with van der Waals surface area (Å²) in [6, 6.07) is 12.4. The predicted molar refractivity (Wildman–Crippen MR) is 82.3 cm³/mol. The van der Waals surface area contributed by atoms with Crippen LogP contribution < -0.4 is 14.2 Å². The van der Waals surface area contributed by atoms with Gasteiger partial charge in [0.15, 0.2) is 0 Å². The lowest BCUT2D eigenvalue weighted by Gasteiger charge is -2.10. The minimum absolute atomic E-state index is 0.0455. The van der Waals surface area contributed by atoms with Gasteiger partial charge in [0.2, 0.25) is 10.0 Å². The van der Waals surface area contributed by atoms with E-state index in [1.165, 1.54) is 18.2 Å². The number of halogens is 1. The van der Waals surface area contributed by atoms with Crippen molar-refractivity contribution < 1.29 is 22.3 Å². The number of anilines is 1. The van der Waals surface area contributed by atoms with Crippen molar-refractivity contribution in [1.29, 1.82) is 0 Å². The third-order valence-electron chi connectivity index (χ3n) is 2.82. The number of nitrogens with one attached hydrogen (secondary N) is 1. The predicted octanol–water partition coefficient (Wildman–Crippen LogP) is 2.66. The summed E-state index contributed by atoms with van der Waals surface area (Å²) in [6.45, 7) is -0.0455. The van der Waals surface area contributed by atoms with Crippen molar-refractivity contribution in [3.63, 3.8) is 0 Å². The molecule has 0 atom stereocenters. The summed E-state index contributed by atoms with van der Waals surface area (Å²) in [5.74, 6) is 0.304. The van der Waals surface area contributed by atoms with Crippen molar-refractivity contribution in [3.8, 4) is 11.5 Å². The van der Waals surface area contributed by atoms with Crippen molar-refractivity contribution in [2.45, 2.75) is 0 Å². The Morgan fingerprint density at radius 2 is 1.68 bits per heavy atom. The van der Waals surface area contributed by atoms with Crippen LogP contribution in [0.15, 0.2) is 48.5 Å². The first-order valence-electron chi connectivity index (χ1n) is 6.52. The lowest BCUT2D eigenvalue weighted by Crippen LogP contribution is -2.21. The number of ether oxygens (including phenoxy) is 2. The molecule has 2 rings (SSSR count). The molecule has 2 aromatic carbocycles. The number of methoxy groups -OCH3 is 1. The van der Waals surface area contributed by atoms with Crippen LogP contribution in [0.5, 0.6) is 11.5 Å². The average molecular weight is 325 g/mol. The van der Waals surface area contributed by atoms with Crippen LogP contribution in [0.2, 0.25) is 0 Å². The second-order valence-electron chi connectivity index (χ2n) is 4.42. The normalized spacial score (nSPS) is 11.0. The van der Waals surface area contributed by atoms with Gasteiger partial charge in [-0.3, -0.25) is 4.72 Å². The van der Waals surface area contributed by atoms with E-state index < -0.39 is 15.8 Å². The van der Waals surface area contributed by atoms with E-state index >= 15 is 0 Å². The van der Waals surface area contributed by atoms with Crippen LogP contribution in [0.3, 0.4) is 0 Å². The van der Waals surface area contributed by atoms with Crippen molar-refractivity contribution in [1.82, 2.24) is 0 Å². The van der Waals surface area contributed by atoms with E-state index in [9.17, 15) is 12.8 Å². The molecule has 0 heterocycles. The molecular formula is C15H16FNO4S. The lowest BCUT2D eigenvalue weighted by molar-refractivity contribution is 0.340. The van der Waals surface area contributed by atoms with E-state index in [0.717, 1.165) is 0 Å². The summed E-state index contributed by atoms with van der Waals surface area (Å²) in [6.07, 6.45) is 0. The minimum Gasteiger partial charge on any atom is -0.497 e. The van der Waals surface area contributed by atoms with E-state index in [0.29, 0.717) is 11.5 Å². The number of hydrogen-bond donors (Lipinski definition) is 1. The van der Waals surface area contributed by atoms with Crippen LogP contribution in [0.1, 0.15) is 0 Å². The molecule has 0 saturated carbocycles. The van der Waals surface area contributed by atoms with Crippen LogP contribution >= 0.6 is 0 Å². The van der Waals surface area contributed by atoms with E-state index in [4.69, 9.17) is 9.47 Å². The maximum atomic E-state index is 13.4.